The van der Waals surface area contributed by atoms with Crippen molar-refractivity contribution in [2.75, 3.05) is 5.90 Å². The minimum atomic E-state index is -0.409. The fraction of sp³-hybridized carbons (Fsp3) is 0.0294. The normalized spacial score (nSPS) is 11.4. The van der Waals surface area contributed by atoms with Crippen molar-refractivity contribution in [2.45, 2.75) is 0 Å². The van der Waals surface area contributed by atoms with Crippen LogP contribution in [0.15, 0.2) is 152 Å². The van der Waals surface area contributed by atoms with E-state index in [1.165, 1.54) is 38.2 Å². The van der Waals surface area contributed by atoms with Gasteiger partial charge in [-0.05, 0) is 48.2 Å². The number of fused-ring (bicyclic) bond motifs is 1. The van der Waals surface area contributed by atoms with Gasteiger partial charge in [-0.3, -0.25) is 0 Å². The second-order valence-electron chi connectivity index (χ2n) is 8.49. The van der Waals surface area contributed by atoms with E-state index in [1.54, 1.807) is 0 Å². The Morgan fingerprint density at radius 2 is 0.703 bits per heavy atom. The standard InChI is InChI=1S/C25H22P2.C9H7.Ru.H/c1-5-13-22(14-6-1)26(23-15-7-2-8-16-23)21-27(24-17-9-3-10-18-24)25-19-11-4-12-20-25;1-2-5-9-7-3-6-8(9)4-1;;/h1-20H,21H2;1-7H;;. The monoisotopic (exact) mass is 602 g/mol. The van der Waals surface area contributed by atoms with Crippen molar-refractivity contribution >= 4 is 43.1 Å². The third-order valence-corrected chi connectivity index (χ3v) is 12.1. The molecule has 37 heavy (non-hydrogen) atoms. The van der Waals surface area contributed by atoms with Gasteiger partial charge in [0.05, 0.1) is 0 Å². The number of hydrogen-bond donors (Lipinski definition) is 0. The molecule has 0 atom stereocenters. The molecule has 1 radical (unpaired) electrons. The Morgan fingerprint density at radius 3 is 1.05 bits per heavy atom. The maximum Gasteiger partial charge on any atom is 0.00405 e. The van der Waals surface area contributed by atoms with Gasteiger partial charge in [0.15, 0.2) is 0 Å². The van der Waals surface area contributed by atoms with E-state index in [0.29, 0.717) is 0 Å². The predicted molar refractivity (Wildman–Crippen MR) is 163 cm³/mol. The number of benzene rings is 5. The zero-order valence-electron chi connectivity index (χ0n) is 20.6. The van der Waals surface area contributed by atoms with Crippen LogP contribution in [0.1, 0.15) is 11.1 Å². The van der Waals surface area contributed by atoms with Crippen LogP contribution in [0.2, 0.25) is 0 Å². The molecule has 0 spiro atoms. The molecule has 0 bridgehead atoms. The second kappa shape index (κ2) is 14.3. The summed E-state index contributed by atoms with van der Waals surface area (Å²) in [7, 11) is -0.817. The summed E-state index contributed by atoms with van der Waals surface area (Å²) in [5.41, 5.74) is 2.66. The van der Waals surface area contributed by atoms with Gasteiger partial charge in [-0.25, -0.2) is 0 Å². The van der Waals surface area contributed by atoms with Crippen LogP contribution >= 0.6 is 15.8 Å². The van der Waals surface area contributed by atoms with Gasteiger partial charge in [-0.15, -0.1) is 0 Å². The Kier molecular flexibility index (Phi) is 10.6. The van der Waals surface area contributed by atoms with Crippen molar-refractivity contribution in [1.29, 1.82) is 0 Å². The summed E-state index contributed by atoms with van der Waals surface area (Å²) < 4.78 is 0. The average Bonchev–Trinajstić information content (AvgIpc) is 3.45. The van der Waals surface area contributed by atoms with E-state index in [9.17, 15) is 0 Å². The first kappa shape index (κ1) is 27.4. The molecule has 0 nitrogen and oxygen atoms in total. The molecular formula is C34H30P2Ru. The number of allylic oxidation sites excluding steroid dienone is 1. The Morgan fingerprint density at radius 1 is 0.378 bits per heavy atom. The first-order valence-corrected chi connectivity index (χ1v) is 15.3. The van der Waals surface area contributed by atoms with Crippen molar-refractivity contribution in [3.8, 4) is 0 Å². The third-order valence-electron chi connectivity index (χ3n) is 6.10. The van der Waals surface area contributed by atoms with Crippen LogP contribution in [0.25, 0.3) is 6.08 Å². The number of rotatable bonds is 6. The molecule has 0 saturated carbocycles. The van der Waals surface area contributed by atoms with E-state index in [2.05, 4.69) is 164 Å². The first-order chi connectivity index (χ1) is 17.9. The summed E-state index contributed by atoms with van der Waals surface area (Å²) >= 11 is 0. The minimum Gasteiger partial charge on any atom is -0.0622 e. The van der Waals surface area contributed by atoms with Crippen molar-refractivity contribution in [2.24, 2.45) is 0 Å². The molecule has 0 fully saturated rings. The van der Waals surface area contributed by atoms with Crippen LogP contribution in [0.5, 0.6) is 0 Å². The van der Waals surface area contributed by atoms with E-state index < -0.39 is 15.8 Å². The Balaban J connectivity index is 0.000000269. The molecule has 0 heterocycles. The van der Waals surface area contributed by atoms with E-state index >= 15 is 0 Å². The Labute approximate surface area is 236 Å². The fourth-order valence-corrected chi connectivity index (χ4v) is 10.7. The molecule has 6 rings (SSSR count). The van der Waals surface area contributed by atoms with E-state index in [1.807, 2.05) is 0 Å². The summed E-state index contributed by atoms with van der Waals surface area (Å²) in [5.74, 6) is 1.17. The molecule has 0 aliphatic heterocycles. The summed E-state index contributed by atoms with van der Waals surface area (Å²) in [6, 6.07) is 52.5. The van der Waals surface area contributed by atoms with Crippen LogP contribution in [0, 0.1) is 6.42 Å². The van der Waals surface area contributed by atoms with Crippen LogP contribution in [-0.2, 0) is 19.5 Å². The largest absolute Gasteiger partial charge is 0.0622 e. The molecule has 3 heteroatoms. The average molecular weight is 602 g/mol. The van der Waals surface area contributed by atoms with E-state index in [-0.39, 0.29) is 19.5 Å². The van der Waals surface area contributed by atoms with E-state index in [0.717, 1.165) is 0 Å². The molecular weight excluding hydrogens is 571 g/mol. The Hall–Kier alpha value is -2.68. The molecule has 5 aromatic carbocycles. The summed E-state index contributed by atoms with van der Waals surface area (Å²) in [6.07, 6.45) is 6.31. The minimum absolute atomic E-state index is 0. The fourth-order valence-electron chi connectivity index (χ4n) is 4.27. The van der Waals surface area contributed by atoms with Crippen molar-refractivity contribution in [3.63, 3.8) is 0 Å². The van der Waals surface area contributed by atoms with Crippen LogP contribution in [0.3, 0.4) is 0 Å². The van der Waals surface area contributed by atoms with Gasteiger partial charge in [-0.2, -0.15) is 0 Å². The molecule has 184 valence electrons. The SMILES string of the molecule is [CH]1C=Cc2ccccc21.[RuH].c1ccc(P(CP(c2ccccc2)c2ccccc2)c2ccccc2)cc1. The Bertz CT molecular complexity index is 1210. The van der Waals surface area contributed by atoms with Crippen LogP contribution in [-0.4, -0.2) is 5.90 Å². The molecule has 1 aliphatic carbocycles. The second-order valence-corrected chi connectivity index (χ2v) is 13.4. The zero-order chi connectivity index (χ0) is 24.4. The van der Waals surface area contributed by atoms with Gasteiger partial charge in [-0.1, -0.05) is 158 Å². The van der Waals surface area contributed by atoms with Gasteiger partial charge in [0, 0.05) is 12.3 Å². The summed E-state index contributed by atoms with van der Waals surface area (Å²) in [6.45, 7) is 0. The molecule has 0 unspecified atom stereocenters. The van der Waals surface area contributed by atoms with Gasteiger partial charge in [0.1, 0.15) is 0 Å². The zero-order valence-corrected chi connectivity index (χ0v) is 24.2. The van der Waals surface area contributed by atoms with Crippen LogP contribution < -0.4 is 21.2 Å². The molecule has 0 saturated heterocycles. The van der Waals surface area contributed by atoms with Gasteiger partial charge >= 0.3 is 19.5 Å². The maximum atomic E-state index is 2.29. The summed E-state index contributed by atoms with van der Waals surface area (Å²) in [5, 5.41) is 5.83. The quantitative estimate of drug-likeness (QED) is 0.143. The van der Waals surface area contributed by atoms with Crippen LogP contribution in [0.4, 0.5) is 0 Å². The first-order valence-electron chi connectivity index (χ1n) is 12.2. The van der Waals surface area contributed by atoms with E-state index in [4.69, 9.17) is 0 Å². The molecule has 0 N–H and O–H groups in total. The van der Waals surface area contributed by atoms with Crippen molar-refractivity contribution in [3.05, 3.63) is 169 Å². The predicted octanol–water partition coefficient (Wildman–Crippen LogP) is 7.21. The maximum absolute atomic E-state index is 2.29. The molecule has 0 aromatic heterocycles. The van der Waals surface area contributed by atoms with Crippen molar-refractivity contribution in [1.82, 2.24) is 0 Å². The molecule has 0 amide bonds. The smallest absolute Gasteiger partial charge is 0.00405 e. The van der Waals surface area contributed by atoms with Gasteiger partial charge in [0.2, 0.25) is 0 Å². The number of hydrogen-bond acceptors (Lipinski definition) is 0. The topological polar surface area (TPSA) is 0 Å². The summed E-state index contributed by atoms with van der Waals surface area (Å²) in [4.78, 5) is 0. The molecule has 5 aromatic rings. The third kappa shape index (κ3) is 7.43. The van der Waals surface area contributed by atoms with Crippen molar-refractivity contribution < 1.29 is 19.5 Å². The van der Waals surface area contributed by atoms with Gasteiger partial charge < -0.3 is 0 Å². The molecule has 1 aliphatic rings. The van der Waals surface area contributed by atoms with Gasteiger partial charge in [0.25, 0.3) is 0 Å².